The Bertz CT molecular complexity index is 731. The molecule has 1 amide bonds. The Kier molecular flexibility index (Phi) is 6.78. The van der Waals surface area contributed by atoms with Crippen molar-refractivity contribution in [1.29, 1.82) is 0 Å². The molecular formula is C19H27N5O3. The zero-order valence-corrected chi connectivity index (χ0v) is 15.7. The van der Waals surface area contributed by atoms with Crippen molar-refractivity contribution in [2.24, 2.45) is 0 Å². The highest BCUT2D eigenvalue weighted by Gasteiger charge is 2.23. The summed E-state index contributed by atoms with van der Waals surface area (Å²) in [5, 5.41) is 19.5. The van der Waals surface area contributed by atoms with Crippen LogP contribution in [0, 0.1) is 0 Å². The molecule has 146 valence electrons. The molecule has 3 rings (SSSR count). The van der Waals surface area contributed by atoms with Gasteiger partial charge in [-0.1, -0.05) is 17.3 Å². The lowest BCUT2D eigenvalue weighted by Gasteiger charge is -2.32. The Balaban J connectivity index is 1.57. The number of carbonyl (C=O) groups excluding carboxylic acids is 1. The lowest BCUT2D eigenvalue weighted by atomic mass is 10.0. The van der Waals surface area contributed by atoms with E-state index in [1.54, 1.807) is 10.9 Å². The van der Waals surface area contributed by atoms with Crippen molar-refractivity contribution in [3.8, 4) is 5.75 Å². The van der Waals surface area contributed by atoms with E-state index in [0.717, 1.165) is 38.2 Å². The molecule has 0 saturated carbocycles. The Labute approximate surface area is 159 Å². The average molecular weight is 373 g/mol. The Morgan fingerprint density at radius 3 is 2.93 bits per heavy atom. The number of nitrogens with zero attached hydrogens (tertiary/aromatic N) is 4. The minimum atomic E-state index is -0.308. The quantitative estimate of drug-likeness (QED) is 0.723. The lowest BCUT2D eigenvalue weighted by molar-refractivity contribution is 0.0939. The number of hydrogen-bond acceptors (Lipinski definition) is 6. The van der Waals surface area contributed by atoms with Gasteiger partial charge in [0.1, 0.15) is 5.75 Å². The highest BCUT2D eigenvalue weighted by atomic mass is 16.5. The van der Waals surface area contributed by atoms with E-state index in [1.807, 2.05) is 19.1 Å². The van der Waals surface area contributed by atoms with E-state index in [1.165, 1.54) is 5.56 Å². The van der Waals surface area contributed by atoms with Gasteiger partial charge in [-0.15, -0.1) is 5.10 Å². The number of benzene rings is 1. The monoisotopic (exact) mass is 373 g/mol. The van der Waals surface area contributed by atoms with Crippen molar-refractivity contribution >= 4 is 5.91 Å². The Morgan fingerprint density at radius 2 is 2.19 bits per heavy atom. The van der Waals surface area contributed by atoms with E-state index >= 15 is 0 Å². The van der Waals surface area contributed by atoms with E-state index in [9.17, 15) is 4.79 Å². The van der Waals surface area contributed by atoms with E-state index in [-0.39, 0.29) is 30.8 Å². The van der Waals surface area contributed by atoms with Crippen LogP contribution in [0.5, 0.6) is 5.75 Å². The zero-order chi connectivity index (χ0) is 19.1. The third-order valence-electron chi connectivity index (χ3n) is 4.64. The van der Waals surface area contributed by atoms with Gasteiger partial charge in [0.15, 0.2) is 5.69 Å². The number of carbonyl (C=O) groups is 1. The number of hydrogen-bond donors (Lipinski definition) is 2. The van der Waals surface area contributed by atoms with Crippen molar-refractivity contribution in [2.45, 2.75) is 32.4 Å². The molecule has 1 atom stereocenters. The molecule has 8 heteroatoms. The van der Waals surface area contributed by atoms with Crippen LogP contribution in [0.1, 0.15) is 41.9 Å². The first-order valence-corrected chi connectivity index (χ1v) is 9.44. The Hall–Kier alpha value is -2.45. The molecule has 27 heavy (non-hydrogen) atoms. The van der Waals surface area contributed by atoms with Gasteiger partial charge >= 0.3 is 0 Å². The van der Waals surface area contributed by atoms with Crippen molar-refractivity contribution in [3.63, 3.8) is 0 Å². The fourth-order valence-corrected chi connectivity index (χ4v) is 3.33. The van der Waals surface area contributed by atoms with Crippen molar-refractivity contribution in [3.05, 3.63) is 41.7 Å². The summed E-state index contributed by atoms with van der Waals surface area (Å²) in [4.78, 5) is 14.3. The number of amides is 1. The first-order valence-electron chi connectivity index (χ1n) is 9.44. The maximum absolute atomic E-state index is 11.9. The predicted molar refractivity (Wildman–Crippen MR) is 101 cm³/mol. The van der Waals surface area contributed by atoms with Crippen LogP contribution >= 0.6 is 0 Å². The van der Waals surface area contributed by atoms with Gasteiger partial charge in [0.05, 0.1) is 25.5 Å². The minimum Gasteiger partial charge on any atom is -0.494 e. The van der Waals surface area contributed by atoms with Crippen LogP contribution in [0.4, 0.5) is 0 Å². The summed E-state index contributed by atoms with van der Waals surface area (Å²) in [6.07, 6.45) is 3.78. The van der Waals surface area contributed by atoms with Crippen LogP contribution < -0.4 is 10.1 Å². The van der Waals surface area contributed by atoms with Crippen LogP contribution in [-0.2, 0) is 6.54 Å². The second-order valence-corrected chi connectivity index (χ2v) is 6.67. The van der Waals surface area contributed by atoms with Gasteiger partial charge in [-0.2, -0.15) is 0 Å². The van der Waals surface area contributed by atoms with Gasteiger partial charge < -0.3 is 15.2 Å². The molecule has 1 aliphatic heterocycles. The van der Waals surface area contributed by atoms with Crippen molar-refractivity contribution in [2.75, 3.05) is 32.8 Å². The molecule has 0 bridgehead atoms. The number of rotatable bonds is 8. The molecule has 0 aliphatic carbocycles. The number of piperidine rings is 1. The average Bonchev–Trinajstić information content (AvgIpc) is 3.18. The zero-order valence-electron chi connectivity index (χ0n) is 15.7. The second-order valence-electron chi connectivity index (χ2n) is 6.67. The van der Waals surface area contributed by atoms with Crippen LogP contribution in [0.3, 0.4) is 0 Å². The third kappa shape index (κ3) is 5.27. The molecule has 2 aromatic rings. The highest BCUT2D eigenvalue weighted by Crippen LogP contribution is 2.23. The topological polar surface area (TPSA) is 92.5 Å². The second kappa shape index (κ2) is 9.48. The summed E-state index contributed by atoms with van der Waals surface area (Å²) in [5.41, 5.74) is 1.54. The number of likely N-dealkylation sites (tertiary alicyclic amines) is 1. The van der Waals surface area contributed by atoms with Gasteiger partial charge in [-0.05, 0) is 44.0 Å². The molecule has 2 heterocycles. The van der Waals surface area contributed by atoms with Crippen molar-refractivity contribution in [1.82, 2.24) is 25.2 Å². The smallest absolute Gasteiger partial charge is 0.273 e. The number of aliphatic hydroxyl groups is 1. The number of aromatic nitrogens is 3. The highest BCUT2D eigenvalue weighted by molar-refractivity contribution is 5.91. The fraction of sp³-hybridized carbons (Fsp3) is 0.526. The first-order chi connectivity index (χ1) is 13.2. The Morgan fingerprint density at radius 1 is 1.37 bits per heavy atom. The molecule has 1 aromatic carbocycles. The standard InChI is InChI=1S/C19H27N5O3/c1-2-27-17-7-5-15(6-8-17)12-23-10-3-4-16(13-23)24-14-18(21-22-24)19(26)20-9-11-25/h5-8,14,16,25H,2-4,9-13H2,1H3,(H,20,26)/t16-/m1/s1. The van der Waals surface area contributed by atoms with E-state index in [0.29, 0.717) is 6.61 Å². The largest absolute Gasteiger partial charge is 0.494 e. The first kappa shape index (κ1) is 19.3. The third-order valence-corrected chi connectivity index (χ3v) is 4.64. The molecule has 1 saturated heterocycles. The fourth-order valence-electron chi connectivity index (χ4n) is 3.33. The number of ether oxygens (including phenoxy) is 1. The number of aliphatic hydroxyl groups excluding tert-OH is 1. The van der Waals surface area contributed by atoms with Crippen LogP contribution in [-0.4, -0.2) is 63.8 Å². The number of nitrogens with one attached hydrogen (secondary N) is 1. The summed E-state index contributed by atoms with van der Waals surface area (Å²) in [5.74, 6) is 0.588. The molecule has 1 fully saturated rings. The van der Waals surface area contributed by atoms with Crippen LogP contribution in [0.15, 0.2) is 30.5 Å². The molecule has 8 nitrogen and oxygen atoms in total. The molecule has 1 aliphatic rings. The van der Waals surface area contributed by atoms with Gasteiger partial charge in [-0.3, -0.25) is 9.69 Å². The normalized spacial score (nSPS) is 17.6. The maximum Gasteiger partial charge on any atom is 0.273 e. The molecule has 0 unspecified atom stereocenters. The van der Waals surface area contributed by atoms with E-state index in [2.05, 4.69) is 32.7 Å². The van der Waals surface area contributed by atoms with Gasteiger partial charge in [0, 0.05) is 19.6 Å². The van der Waals surface area contributed by atoms with Crippen LogP contribution in [0.2, 0.25) is 0 Å². The summed E-state index contributed by atoms with van der Waals surface area (Å²) < 4.78 is 7.28. The molecule has 1 aromatic heterocycles. The summed E-state index contributed by atoms with van der Waals surface area (Å²) in [6, 6.07) is 8.43. The van der Waals surface area contributed by atoms with Gasteiger partial charge in [-0.25, -0.2) is 4.68 Å². The van der Waals surface area contributed by atoms with E-state index < -0.39 is 0 Å². The maximum atomic E-state index is 11.9. The molecular weight excluding hydrogens is 346 g/mol. The molecule has 2 N–H and O–H groups in total. The van der Waals surface area contributed by atoms with E-state index in [4.69, 9.17) is 9.84 Å². The SMILES string of the molecule is CCOc1ccc(CN2CCC[C@@H](n3cc(C(=O)NCCO)nn3)C2)cc1. The van der Waals surface area contributed by atoms with Crippen molar-refractivity contribution < 1.29 is 14.6 Å². The summed E-state index contributed by atoms with van der Waals surface area (Å²) in [6.45, 7) is 5.56. The van der Waals surface area contributed by atoms with Gasteiger partial charge in [0.25, 0.3) is 5.91 Å². The predicted octanol–water partition coefficient (Wildman–Crippen LogP) is 1.24. The molecule has 0 spiro atoms. The summed E-state index contributed by atoms with van der Waals surface area (Å²) >= 11 is 0. The summed E-state index contributed by atoms with van der Waals surface area (Å²) in [7, 11) is 0. The minimum absolute atomic E-state index is 0.0942. The van der Waals surface area contributed by atoms with Gasteiger partial charge in [0.2, 0.25) is 0 Å². The van der Waals surface area contributed by atoms with Crippen LogP contribution in [0.25, 0.3) is 0 Å². The lowest BCUT2D eigenvalue weighted by Crippen LogP contribution is -2.36. The molecule has 0 radical (unpaired) electrons.